The molecule has 2 unspecified atom stereocenters. The van der Waals surface area contributed by atoms with Crippen molar-refractivity contribution in [3.8, 4) is 0 Å². The number of pyridine rings is 1. The number of carbonyl (C=O) groups is 1. The number of nitrogens with one attached hydrogen (secondary N) is 1. The molecule has 1 N–H and O–H groups in total. The number of fused-ring (bicyclic) bond motifs is 1. The minimum atomic E-state index is -0.439. The van der Waals surface area contributed by atoms with Crippen molar-refractivity contribution in [3.63, 3.8) is 0 Å². The number of hydrogen-bond donors (Lipinski definition) is 1. The van der Waals surface area contributed by atoms with Crippen molar-refractivity contribution < 1.29 is 13.6 Å². The molecule has 0 spiro atoms. The van der Waals surface area contributed by atoms with E-state index in [9.17, 15) is 13.6 Å². The van der Waals surface area contributed by atoms with Crippen molar-refractivity contribution in [2.45, 2.75) is 31.3 Å². The summed E-state index contributed by atoms with van der Waals surface area (Å²) in [5.41, 5.74) is 2.46. The maximum atomic E-state index is 14.4. The van der Waals surface area contributed by atoms with Crippen LogP contribution in [0.5, 0.6) is 0 Å². The van der Waals surface area contributed by atoms with E-state index in [1.54, 1.807) is 10.7 Å². The molecule has 2 aliphatic heterocycles. The minimum Gasteiger partial charge on any atom is -0.364 e. The van der Waals surface area contributed by atoms with Crippen LogP contribution in [0.15, 0.2) is 42.7 Å². The molecule has 162 valence electrons. The average molecular weight is 425 g/mol. The number of amides is 1. The Kier molecular flexibility index (Phi) is 5.09. The highest BCUT2D eigenvalue weighted by Gasteiger charge is 2.29. The highest BCUT2D eigenvalue weighted by Crippen LogP contribution is 2.38. The molecule has 2 atom stereocenters. The van der Waals surface area contributed by atoms with Crippen LogP contribution in [-0.2, 0) is 0 Å². The van der Waals surface area contributed by atoms with E-state index in [0.717, 1.165) is 50.7 Å². The number of nitrogens with zero attached hydrogens (tertiary/aromatic N) is 4. The zero-order valence-electron chi connectivity index (χ0n) is 17.4. The molecular weight excluding hydrogens is 400 g/mol. The van der Waals surface area contributed by atoms with Crippen molar-refractivity contribution >= 4 is 17.1 Å². The number of benzene rings is 1. The first-order valence-corrected chi connectivity index (χ1v) is 10.7. The van der Waals surface area contributed by atoms with Crippen molar-refractivity contribution in [1.82, 2.24) is 19.8 Å². The lowest BCUT2D eigenvalue weighted by molar-refractivity contribution is 0.0940. The number of aromatic nitrogens is 2. The van der Waals surface area contributed by atoms with Gasteiger partial charge in [0, 0.05) is 36.6 Å². The molecule has 3 aromatic rings. The Balaban J connectivity index is 1.44. The first kappa shape index (κ1) is 19.9. The molecule has 1 aromatic carbocycles. The van der Waals surface area contributed by atoms with Crippen LogP contribution < -0.4 is 10.2 Å². The van der Waals surface area contributed by atoms with Crippen LogP contribution in [0.3, 0.4) is 0 Å². The average Bonchev–Trinajstić information content (AvgIpc) is 3.48. The van der Waals surface area contributed by atoms with Gasteiger partial charge in [-0.1, -0.05) is 0 Å². The van der Waals surface area contributed by atoms with Crippen molar-refractivity contribution in [2.24, 2.45) is 0 Å². The topological polar surface area (TPSA) is 52.9 Å². The number of hydrogen-bond acceptors (Lipinski definition) is 4. The van der Waals surface area contributed by atoms with Crippen LogP contribution in [0.4, 0.5) is 14.5 Å². The van der Waals surface area contributed by atoms with Gasteiger partial charge in [-0.2, -0.15) is 5.10 Å². The Morgan fingerprint density at radius 3 is 2.84 bits per heavy atom. The van der Waals surface area contributed by atoms with Gasteiger partial charge in [0.15, 0.2) is 0 Å². The first-order chi connectivity index (χ1) is 15.0. The van der Waals surface area contributed by atoms with E-state index >= 15 is 0 Å². The summed E-state index contributed by atoms with van der Waals surface area (Å²) in [7, 11) is 2.04. The Morgan fingerprint density at radius 1 is 1.16 bits per heavy atom. The van der Waals surface area contributed by atoms with Crippen LogP contribution >= 0.6 is 0 Å². The van der Waals surface area contributed by atoms with E-state index in [-0.39, 0.29) is 18.0 Å². The van der Waals surface area contributed by atoms with E-state index in [1.165, 1.54) is 12.1 Å². The lowest BCUT2D eigenvalue weighted by Crippen LogP contribution is -2.36. The second kappa shape index (κ2) is 7.92. The maximum Gasteiger partial charge on any atom is 0.255 e. The molecule has 8 heteroatoms. The molecule has 0 aliphatic carbocycles. The van der Waals surface area contributed by atoms with E-state index < -0.39 is 11.6 Å². The normalized spacial score (nSPS) is 21.8. The molecule has 31 heavy (non-hydrogen) atoms. The molecule has 2 fully saturated rings. The van der Waals surface area contributed by atoms with E-state index in [4.69, 9.17) is 0 Å². The summed E-state index contributed by atoms with van der Waals surface area (Å²) in [6.07, 6.45) is 5.95. The van der Waals surface area contributed by atoms with Gasteiger partial charge in [-0.25, -0.2) is 13.3 Å². The van der Waals surface area contributed by atoms with Crippen LogP contribution in [0, 0.1) is 11.6 Å². The zero-order valence-corrected chi connectivity index (χ0v) is 17.4. The second-order valence-electron chi connectivity index (χ2n) is 8.51. The monoisotopic (exact) mass is 425 g/mol. The Labute approximate surface area is 179 Å². The first-order valence-electron chi connectivity index (χ1n) is 10.7. The number of likely N-dealkylation sites (tertiary alicyclic amines) is 1. The molecule has 1 amide bonds. The Morgan fingerprint density at radius 2 is 2.03 bits per heavy atom. The van der Waals surface area contributed by atoms with E-state index in [2.05, 4.69) is 20.2 Å². The quantitative estimate of drug-likeness (QED) is 0.696. The van der Waals surface area contributed by atoms with Gasteiger partial charge in [0.05, 0.1) is 23.3 Å². The standard InChI is InChI=1S/C23H25F2N5O/c1-28-9-6-16(14-28)27-23(31)19-13-26-30-10-7-17(12-22(19)30)29-8-2-3-21(29)18-11-15(24)4-5-20(18)25/h4-5,7,10-13,16,21H,2-3,6,8-9,14H2,1H3,(H,27,31). The molecule has 0 bridgehead atoms. The van der Waals surface area contributed by atoms with Gasteiger partial charge in [-0.05, 0) is 63.2 Å². The summed E-state index contributed by atoms with van der Waals surface area (Å²) in [5.74, 6) is -0.974. The minimum absolute atomic E-state index is 0.134. The number of rotatable bonds is 4. The highest BCUT2D eigenvalue weighted by atomic mass is 19.1. The summed E-state index contributed by atoms with van der Waals surface area (Å²) >= 11 is 0. The number of carbonyl (C=O) groups excluding carboxylic acids is 1. The predicted octanol–water partition coefficient (Wildman–Crippen LogP) is 3.39. The highest BCUT2D eigenvalue weighted by molar-refractivity contribution is 6.01. The largest absolute Gasteiger partial charge is 0.364 e. The van der Waals surface area contributed by atoms with Crippen LogP contribution in [0.2, 0.25) is 0 Å². The number of likely N-dealkylation sites (N-methyl/N-ethyl adjacent to an activating group) is 1. The smallest absolute Gasteiger partial charge is 0.255 e. The molecular formula is C23H25F2N5O. The van der Waals surface area contributed by atoms with Gasteiger partial charge in [0.2, 0.25) is 0 Å². The fourth-order valence-electron chi connectivity index (χ4n) is 4.81. The molecule has 5 rings (SSSR count). The van der Waals surface area contributed by atoms with Gasteiger partial charge in [0.1, 0.15) is 11.6 Å². The van der Waals surface area contributed by atoms with Crippen molar-refractivity contribution in [3.05, 3.63) is 65.5 Å². The maximum absolute atomic E-state index is 14.4. The molecule has 2 aromatic heterocycles. The molecule has 0 saturated carbocycles. The summed E-state index contributed by atoms with van der Waals surface area (Å²) < 4.78 is 29.9. The van der Waals surface area contributed by atoms with Gasteiger partial charge in [-0.3, -0.25) is 4.79 Å². The van der Waals surface area contributed by atoms with E-state index in [0.29, 0.717) is 16.6 Å². The fraction of sp³-hybridized carbons (Fsp3) is 0.391. The second-order valence-corrected chi connectivity index (χ2v) is 8.51. The summed E-state index contributed by atoms with van der Waals surface area (Å²) in [5, 5.41) is 7.42. The summed E-state index contributed by atoms with van der Waals surface area (Å²) in [6, 6.07) is 7.32. The van der Waals surface area contributed by atoms with E-state index in [1.807, 2.05) is 25.4 Å². The van der Waals surface area contributed by atoms with Crippen LogP contribution in [0.1, 0.15) is 41.2 Å². The third-order valence-corrected chi connectivity index (χ3v) is 6.38. The molecule has 2 saturated heterocycles. The molecule has 0 radical (unpaired) electrons. The molecule has 2 aliphatic rings. The lowest BCUT2D eigenvalue weighted by Gasteiger charge is -2.27. The SMILES string of the molecule is CN1CCC(NC(=O)c2cnn3ccc(N4CCCC4c4cc(F)ccc4F)cc23)C1. The number of halogens is 2. The van der Waals surface area contributed by atoms with Gasteiger partial charge in [-0.15, -0.1) is 0 Å². The van der Waals surface area contributed by atoms with Crippen molar-refractivity contribution in [2.75, 3.05) is 31.6 Å². The fourth-order valence-corrected chi connectivity index (χ4v) is 4.81. The predicted molar refractivity (Wildman–Crippen MR) is 114 cm³/mol. The van der Waals surface area contributed by atoms with Gasteiger partial charge < -0.3 is 15.1 Å². The third-order valence-electron chi connectivity index (χ3n) is 6.38. The zero-order chi connectivity index (χ0) is 21.5. The Hall–Kier alpha value is -3.00. The van der Waals surface area contributed by atoms with Gasteiger partial charge in [0.25, 0.3) is 5.91 Å². The van der Waals surface area contributed by atoms with Gasteiger partial charge >= 0.3 is 0 Å². The third kappa shape index (κ3) is 3.76. The summed E-state index contributed by atoms with van der Waals surface area (Å²) in [4.78, 5) is 17.2. The molecule has 6 nitrogen and oxygen atoms in total. The van der Waals surface area contributed by atoms with Crippen LogP contribution in [-0.4, -0.2) is 53.1 Å². The summed E-state index contributed by atoms with van der Waals surface area (Å²) in [6.45, 7) is 2.54. The van der Waals surface area contributed by atoms with Crippen LogP contribution in [0.25, 0.3) is 5.52 Å². The number of anilines is 1. The van der Waals surface area contributed by atoms with Crippen molar-refractivity contribution in [1.29, 1.82) is 0 Å². The Bertz CT molecular complexity index is 1130. The molecule has 4 heterocycles. The lowest BCUT2D eigenvalue weighted by atomic mass is 10.0.